The van der Waals surface area contributed by atoms with Crippen LogP contribution in [-0.4, -0.2) is 10.9 Å². The first-order chi connectivity index (χ1) is 8.95. The van der Waals surface area contributed by atoms with Crippen LogP contribution in [0.2, 0.25) is 0 Å². The van der Waals surface area contributed by atoms with Crippen LogP contribution in [0.5, 0.6) is 0 Å². The van der Waals surface area contributed by atoms with Crippen LogP contribution in [0.1, 0.15) is 15.9 Å². The fourth-order valence-corrected chi connectivity index (χ4v) is 1.70. The van der Waals surface area contributed by atoms with Crippen molar-refractivity contribution in [3.8, 4) is 0 Å². The highest BCUT2D eigenvalue weighted by molar-refractivity contribution is 5.98. The monoisotopic (exact) mass is 260 g/mol. The summed E-state index contributed by atoms with van der Waals surface area (Å²) < 4.78 is 13.2. The van der Waals surface area contributed by atoms with Crippen LogP contribution in [-0.2, 0) is 0 Å². The van der Waals surface area contributed by atoms with Gasteiger partial charge in [-0.15, -0.1) is 0 Å². The summed E-state index contributed by atoms with van der Waals surface area (Å²) in [4.78, 5) is 15.2. The number of carbonyl (C=O) groups is 1. The van der Waals surface area contributed by atoms with Crippen molar-refractivity contribution in [2.45, 2.75) is 6.92 Å². The predicted molar refractivity (Wildman–Crippen MR) is 71.6 cm³/mol. The van der Waals surface area contributed by atoms with Crippen molar-refractivity contribution in [2.75, 3.05) is 11.1 Å². The van der Waals surface area contributed by atoms with Gasteiger partial charge >= 0.3 is 0 Å². The molecule has 0 bridgehead atoms. The van der Waals surface area contributed by atoms with Crippen molar-refractivity contribution >= 4 is 23.1 Å². The van der Waals surface area contributed by atoms with Crippen LogP contribution >= 0.6 is 0 Å². The number of nitrogen functional groups attached to an aromatic ring is 1. The molecule has 0 fully saturated rings. The Labute approximate surface area is 109 Å². The van der Waals surface area contributed by atoms with Gasteiger partial charge in [0.1, 0.15) is 11.6 Å². The zero-order valence-corrected chi connectivity index (χ0v) is 10.3. The van der Waals surface area contributed by atoms with Gasteiger partial charge in [-0.1, -0.05) is 0 Å². The minimum Gasteiger partial charge on any atom is -0.397 e. The number of pyridine rings is 1. The molecule has 1 amide bonds. The van der Waals surface area contributed by atoms with Crippen LogP contribution in [0.4, 0.5) is 21.6 Å². The third kappa shape index (κ3) is 2.98. The molecule has 0 radical (unpaired) electrons. The van der Waals surface area contributed by atoms with E-state index in [9.17, 15) is 9.18 Å². The molecule has 0 saturated carbocycles. The van der Waals surface area contributed by atoms with Crippen molar-refractivity contribution in [2.24, 2.45) is 5.73 Å². The summed E-state index contributed by atoms with van der Waals surface area (Å²) in [6, 6.07) is 5.92. The van der Waals surface area contributed by atoms with E-state index in [0.717, 1.165) is 5.56 Å². The first-order valence-corrected chi connectivity index (χ1v) is 5.55. The van der Waals surface area contributed by atoms with Crippen LogP contribution < -0.4 is 16.8 Å². The number of aryl methyl sites for hydroxylation is 1. The highest BCUT2D eigenvalue weighted by Gasteiger charge is 2.08. The van der Waals surface area contributed by atoms with Gasteiger partial charge in [-0.2, -0.15) is 0 Å². The van der Waals surface area contributed by atoms with Crippen LogP contribution in [0.15, 0.2) is 30.5 Å². The fourth-order valence-electron chi connectivity index (χ4n) is 1.70. The number of hydrogen-bond acceptors (Lipinski definition) is 4. The summed E-state index contributed by atoms with van der Waals surface area (Å²) in [5.74, 6) is -0.626. The predicted octanol–water partition coefficient (Wildman–Crippen LogP) is 1.95. The molecular formula is C13H13FN4O. The molecule has 0 unspecified atom stereocenters. The normalized spacial score (nSPS) is 10.2. The van der Waals surface area contributed by atoms with E-state index in [2.05, 4.69) is 10.3 Å². The molecule has 2 rings (SSSR count). The number of rotatable bonds is 3. The number of amides is 1. The van der Waals surface area contributed by atoms with Gasteiger partial charge in [0.15, 0.2) is 0 Å². The van der Waals surface area contributed by atoms with Crippen LogP contribution in [0, 0.1) is 12.7 Å². The van der Waals surface area contributed by atoms with E-state index in [1.807, 2.05) is 0 Å². The minimum absolute atomic E-state index is 0.172. The number of nitrogens with one attached hydrogen (secondary N) is 1. The Balaban J connectivity index is 2.33. The standard InChI is InChI=1S/C13H13FN4O/c1-7-2-8(14)4-9(3-7)18-12-5-10(13(16)19)11(15)6-17-12/h2-6H,15H2,1H3,(H2,16,19)(H,17,18). The van der Waals surface area contributed by atoms with Gasteiger partial charge < -0.3 is 16.8 Å². The molecule has 0 aliphatic carbocycles. The van der Waals surface area contributed by atoms with E-state index in [1.54, 1.807) is 13.0 Å². The largest absolute Gasteiger partial charge is 0.397 e. The average Bonchev–Trinajstić information content (AvgIpc) is 2.30. The number of aromatic nitrogens is 1. The molecule has 0 atom stereocenters. The maximum Gasteiger partial charge on any atom is 0.250 e. The summed E-state index contributed by atoms with van der Waals surface area (Å²) in [5.41, 5.74) is 12.4. The Kier molecular flexibility index (Phi) is 3.33. The number of benzene rings is 1. The van der Waals surface area contributed by atoms with Gasteiger partial charge in [0.05, 0.1) is 17.4 Å². The van der Waals surface area contributed by atoms with Crippen LogP contribution in [0.3, 0.4) is 0 Å². The number of nitrogens with two attached hydrogens (primary N) is 2. The molecule has 1 heterocycles. The second-order valence-corrected chi connectivity index (χ2v) is 4.16. The van der Waals surface area contributed by atoms with Crippen molar-refractivity contribution in [3.63, 3.8) is 0 Å². The Bertz CT molecular complexity index is 622. The van der Waals surface area contributed by atoms with Crippen molar-refractivity contribution in [1.82, 2.24) is 4.98 Å². The number of nitrogens with zero attached hydrogens (tertiary/aromatic N) is 1. The molecule has 0 aliphatic heterocycles. The van der Waals surface area contributed by atoms with Crippen molar-refractivity contribution in [3.05, 3.63) is 47.4 Å². The molecule has 0 saturated heterocycles. The van der Waals surface area contributed by atoms with E-state index in [1.165, 1.54) is 24.4 Å². The van der Waals surface area contributed by atoms with Gasteiger partial charge in [-0.05, 0) is 36.8 Å². The van der Waals surface area contributed by atoms with E-state index in [-0.39, 0.29) is 17.1 Å². The molecule has 0 aliphatic rings. The fraction of sp³-hybridized carbons (Fsp3) is 0.0769. The number of anilines is 3. The van der Waals surface area contributed by atoms with E-state index in [4.69, 9.17) is 11.5 Å². The molecule has 5 nitrogen and oxygen atoms in total. The number of carbonyl (C=O) groups excluding carboxylic acids is 1. The molecule has 98 valence electrons. The molecule has 19 heavy (non-hydrogen) atoms. The Hall–Kier alpha value is -2.63. The third-order valence-electron chi connectivity index (χ3n) is 2.51. The topological polar surface area (TPSA) is 94.0 Å². The van der Waals surface area contributed by atoms with Gasteiger partial charge in [0.25, 0.3) is 5.91 Å². The maximum absolute atomic E-state index is 13.2. The summed E-state index contributed by atoms with van der Waals surface area (Å²) in [7, 11) is 0. The molecular weight excluding hydrogens is 247 g/mol. The summed E-state index contributed by atoms with van der Waals surface area (Å²) in [6.07, 6.45) is 1.33. The highest BCUT2D eigenvalue weighted by Crippen LogP contribution is 2.20. The second-order valence-electron chi connectivity index (χ2n) is 4.16. The lowest BCUT2D eigenvalue weighted by atomic mass is 10.2. The first-order valence-electron chi connectivity index (χ1n) is 5.55. The lowest BCUT2D eigenvalue weighted by Gasteiger charge is -2.09. The van der Waals surface area contributed by atoms with Crippen LogP contribution in [0.25, 0.3) is 0 Å². The van der Waals surface area contributed by atoms with E-state index >= 15 is 0 Å². The summed E-state index contributed by atoms with van der Waals surface area (Å²) in [5, 5.41) is 2.89. The zero-order chi connectivity index (χ0) is 14.0. The molecule has 1 aromatic carbocycles. The number of primary amides is 1. The Morgan fingerprint density at radius 1 is 1.32 bits per heavy atom. The Morgan fingerprint density at radius 3 is 2.68 bits per heavy atom. The smallest absolute Gasteiger partial charge is 0.250 e. The quantitative estimate of drug-likeness (QED) is 0.786. The lowest BCUT2D eigenvalue weighted by molar-refractivity contribution is 0.100. The van der Waals surface area contributed by atoms with E-state index in [0.29, 0.717) is 11.5 Å². The van der Waals surface area contributed by atoms with Gasteiger partial charge in [0, 0.05) is 5.69 Å². The van der Waals surface area contributed by atoms with Gasteiger partial charge in [0.2, 0.25) is 0 Å². The van der Waals surface area contributed by atoms with E-state index < -0.39 is 5.91 Å². The molecule has 0 spiro atoms. The first kappa shape index (κ1) is 12.8. The molecule has 5 N–H and O–H groups in total. The van der Waals surface area contributed by atoms with Crippen molar-refractivity contribution < 1.29 is 9.18 Å². The second kappa shape index (κ2) is 4.93. The molecule has 2 aromatic rings. The molecule has 1 aromatic heterocycles. The maximum atomic E-state index is 13.2. The average molecular weight is 260 g/mol. The van der Waals surface area contributed by atoms with Gasteiger partial charge in [-0.25, -0.2) is 9.37 Å². The lowest BCUT2D eigenvalue weighted by Crippen LogP contribution is -2.14. The number of hydrogen-bond donors (Lipinski definition) is 3. The van der Waals surface area contributed by atoms with Gasteiger partial charge in [-0.3, -0.25) is 4.79 Å². The summed E-state index contributed by atoms with van der Waals surface area (Å²) in [6.45, 7) is 1.78. The number of halogens is 1. The zero-order valence-electron chi connectivity index (χ0n) is 10.3. The third-order valence-corrected chi connectivity index (χ3v) is 2.51. The molecule has 6 heteroatoms. The minimum atomic E-state index is -0.640. The Morgan fingerprint density at radius 2 is 2.05 bits per heavy atom. The highest BCUT2D eigenvalue weighted by atomic mass is 19.1. The van der Waals surface area contributed by atoms with Crippen molar-refractivity contribution in [1.29, 1.82) is 0 Å². The summed E-state index contributed by atoms with van der Waals surface area (Å²) >= 11 is 0. The SMILES string of the molecule is Cc1cc(F)cc(Nc2cc(C(N)=O)c(N)cn2)c1.